The molecule has 0 spiro atoms. The summed E-state index contributed by atoms with van der Waals surface area (Å²) in [4.78, 5) is 10.2. The lowest BCUT2D eigenvalue weighted by molar-refractivity contribution is 1.18. The smallest absolute Gasteiger partial charge is 0.159 e. The molecule has 3 aromatic rings. The summed E-state index contributed by atoms with van der Waals surface area (Å²) in [5.74, 6) is 0.753. The highest BCUT2D eigenvalue weighted by Gasteiger charge is 2.05. The maximum Gasteiger partial charge on any atom is 0.159 e. The lowest BCUT2D eigenvalue weighted by atomic mass is 10.2. The molecule has 0 saturated carbocycles. The quantitative estimate of drug-likeness (QED) is 0.781. The van der Waals surface area contributed by atoms with Gasteiger partial charge in [0.2, 0.25) is 0 Å². The van der Waals surface area contributed by atoms with Gasteiger partial charge in [-0.1, -0.05) is 18.2 Å². The second kappa shape index (κ2) is 5.20. The molecule has 0 unspecified atom stereocenters. The highest BCUT2D eigenvalue weighted by Crippen LogP contribution is 2.25. The first-order chi connectivity index (χ1) is 9.36. The Hall–Kier alpha value is -2.20. The SMILES string of the molecule is CNc1cccc(-c2nccc(-c3cccs3)n2)c1. The minimum Gasteiger partial charge on any atom is -0.388 e. The standard InChI is InChI=1S/C15H13N3S/c1-16-12-5-2-4-11(10-12)15-17-8-7-13(18-15)14-6-3-9-19-14/h2-10,16H,1H3. The van der Waals surface area contributed by atoms with E-state index < -0.39 is 0 Å². The van der Waals surface area contributed by atoms with Crippen LogP contribution < -0.4 is 5.32 Å². The first-order valence-corrected chi connectivity index (χ1v) is 6.90. The average molecular weight is 267 g/mol. The van der Waals surface area contributed by atoms with E-state index in [1.807, 2.05) is 49.6 Å². The summed E-state index contributed by atoms with van der Waals surface area (Å²) in [5.41, 5.74) is 3.04. The summed E-state index contributed by atoms with van der Waals surface area (Å²) in [6.45, 7) is 0. The van der Waals surface area contributed by atoms with Crippen molar-refractivity contribution in [2.24, 2.45) is 0 Å². The molecular formula is C15H13N3S. The Labute approximate surface area is 116 Å². The number of rotatable bonds is 3. The summed E-state index contributed by atoms with van der Waals surface area (Å²) >= 11 is 1.68. The second-order valence-corrected chi connectivity index (χ2v) is 5.02. The molecule has 0 aliphatic heterocycles. The minimum absolute atomic E-state index is 0.753. The summed E-state index contributed by atoms with van der Waals surface area (Å²) in [6, 6.07) is 14.1. The zero-order valence-corrected chi connectivity index (χ0v) is 11.3. The fraction of sp³-hybridized carbons (Fsp3) is 0.0667. The van der Waals surface area contributed by atoms with Gasteiger partial charge in [-0.15, -0.1) is 11.3 Å². The molecule has 3 rings (SSSR count). The largest absolute Gasteiger partial charge is 0.388 e. The molecule has 0 aliphatic rings. The molecule has 0 bridgehead atoms. The van der Waals surface area contributed by atoms with Crippen LogP contribution in [0.5, 0.6) is 0 Å². The van der Waals surface area contributed by atoms with Gasteiger partial charge in [-0.25, -0.2) is 9.97 Å². The van der Waals surface area contributed by atoms with Crippen LogP contribution in [-0.4, -0.2) is 17.0 Å². The molecule has 0 aliphatic carbocycles. The highest BCUT2D eigenvalue weighted by atomic mass is 32.1. The predicted octanol–water partition coefficient (Wildman–Crippen LogP) is 3.91. The van der Waals surface area contributed by atoms with Gasteiger partial charge in [0, 0.05) is 24.5 Å². The van der Waals surface area contributed by atoms with E-state index >= 15 is 0 Å². The Morgan fingerprint density at radius 1 is 1.11 bits per heavy atom. The third-order valence-electron chi connectivity index (χ3n) is 2.84. The Kier molecular flexibility index (Phi) is 3.25. The number of aromatic nitrogens is 2. The van der Waals surface area contributed by atoms with Crippen molar-refractivity contribution in [3.8, 4) is 22.0 Å². The molecule has 1 N–H and O–H groups in total. The zero-order valence-electron chi connectivity index (χ0n) is 10.5. The van der Waals surface area contributed by atoms with Crippen molar-refractivity contribution >= 4 is 17.0 Å². The maximum atomic E-state index is 4.63. The summed E-state index contributed by atoms with van der Waals surface area (Å²) in [7, 11) is 1.90. The van der Waals surface area contributed by atoms with Gasteiger partial charge in [-0.3, -0.25) is 0 Å². The van der Waals surface area contributed by atoms with E-state index in [1.54, 1.807) is 11.3 Å². The molecule has 19 heavy (non-hydrogen) atoms. The topological polar surface area (TPSA) is 37.8 Å². The molecule has 0 fully saturated rings. The monoisotopic (exact) mass is 267 g/mol. The van der Waals surface area contributed by atoms with Crippen LogP contribution in [0.2, 0.25) is 0 Å². The summed E-state index contributed by atoms with van der Waals surface area (Å²) < 4.78 is 0. The predicted molar refractivity (Wildman–Crippen MR) is 80.3 cm³/mol. The van der Waals surface area contributed by atoms with Crippen LogP contribution in [0.1, 0.15) is 0 Å². The van der Waals surface area contributed by atoms with Gasteiger partial charge < -0.3 is 5.32 Å². The van der Waals surface area contributed by atoms with Gasteiger partial charge in [0.1, 0.15) is 0 Å². The number of hydrogen-bond acceptors (Lipinski definition) is 4. The Balaban J connectivity index is 2.03. The molecule has 0 amide bonds. The molecular weight excluding hydrogens is 254 g/mol. The molecule has 4 heteroatoms. The summed E-state index contributed by atoms with van der Waals surface area (Å²) in [6.07, 6.45) is 1.81. The number of hydrogen-bond donors (Lipinski definition) is 1. The van der Waals surface area contributed by atoms with Crippen molar-refractivity contribution in [3.63, 3.8) is 0 Å². The van der Waals surface area contributed by atoms with Crippen molar-refractivity contribution in [3.05, 3.63) is 54.0 Å². The average Bonchev–Trinajstić information content (AvgIpc) is 3.02. The van der Waals surface area contributed by atoms with E-state index in [4.69, 9.17) is 0 Å². The lowest BCUT2D eigenvalue weighted by Crippen LogP contribution is -1.92. The second-order valence-electron chi connectivity index (χ2n) is 4.07. The first kappa shape index (κ1) is 11.9. The lowest BCUT2D eigenvalue weighted by Gasteiger charge is -2.05. The molecule has 1 aromatic carbocycles. The van der Waals surface area contributed by atoms with Gasteiger partial charge in [-0.05, 0) is 29.6 Å². The number of thiophene rings is 1. The van der Waals surface area contributed by atoms with E-state index in [1.165, 1.54) is 0 Å². The van der Waals surface area contributed by atoms with Gasteiger partial charge in [0.05, 0.1) is 10.6 Å². The highest BCUT2D eigenvalue weighted by molar-refractivity contribution is 7.13. The molecule has 2 aromatic heterocycles. The van der Waals surface area contributed by atoms with Crippen LogP contribution in [0.4, 0.5) is 5.69 Å². The van der Waals surface area contributed by atoms with Gasteiger partial charge in [-0.2, -0.15) is 0 Å². The van der Waals surface area contributed by atoms with Gasteiger partial charge >= 0.3 is 0 Å². The van der Waals surface area contributed by atoms with E-state index in [0.717, 1.165) is 27.6 Å². The zero-order chi connectivity index (χ0) is 13.1. The normalized spacial score (nSPS) is 10.4. The fourth-order valence-corrected chi connectivity index (χ4v) is 2.57. The molecule has 0 atom stereocenters. The minimum atomic E-state index is 0.753. The summed E-state index contributed by atoms with van der Waals surface area (Å²) in [5, 5.41) is 5.18. The van der Waals surface area contributed by atoms with Gasteiger partial charge in [0.15, 0.2) is 5.82 Å². The van der Waals surface area contributed by atoms with Crippen molar-refractivity contribution in [1.29, 1.82) is 0 Å². The van der Waals surface area contributed by atoms with Crippen LogP contribution in [-0.2, 0) is 0 Å². The fourth-order valence-electron chi connectivity index (χ4n) is 1.87. The van der Waals surface area contributed by atoms with Crippen LogP contribution >= 0.6 is 11.3 Å². The third-order valence-corrected chi connectivity index (χ3v) is 3.73. The molecule has 3 nitrogen and oxygen atoms in total. The third kappa shape index (κ3) is 2.48. The van der Waals surface area contributed by atoms with Crippen LogP contribution in [0, 0.1) is 0 Å². The van der Waals surface area contributed by atoms with Crippen molar-refractivity contribution in [2.75, 3.05) is 12.4 Å². The van der Waals surface area contributed by atoms with E-state index in [9.17, 15) is 0 Å². The van der Waals surface area contributed by atoms with Crippen molar-refractivity contribution < 1.29 is 0 Å². The van der Waals surface area contributed by atoms with E-state index in [2.05, 4.69) is 26.7 Å². The van der Waals surface area contributed by atoms with E-state index in [-0.39, 0.29) is 0 Å². The number of anilines is 1. The Bertz CT molecular complexity index is 677. The molecule has 0 saturated heterocycles. The Morgan fingerprint density at radius 2 is 2.05 bits per heavy atom. The molecule has 0 radical (unpaired) electrons. The van der Waals surface area contributed by atoms with Crippen LogP contribution in [0.3, 0.4) is 0 Å². The van der Waals surface area contributed by atoms with E-state index in [0.29, 0.717) is 0 Å². The Morgan fingerprint density at radius 3 is 2.84 bits per heavy atom. The molecule has 2 heterocycles. The van der Waals surface area contributed by atoms with Crippen molar-refractivity contribution in [1.82, 2.24) is 9.97 Å². The molecule has 94 valence electrons. The number of benzene rings is 1. The maximum absolute atomic E-state index is 4.63. The van der Waals surface area contributed by atoms with Crippen molar-refractivity contribution in [2.45, 2.75) is 0 Å². The van der Waals surface area contributed by atoms with Crippen LogP contribution in [0.15, 0.2) is 54.0 Å². The van der Waals surface area contributed by atoms with Gasteiger partial charge in [0.25, 0.3) is 0 Å². The first-order valence-electron chi connectivity index (χ1n) is 6.02. The number of nitrogens with one attached hydrogen (secondary N) is 1. The van der Waals surface area contributed by atoms with Crippen LogP contribution in [0.25, 0.3) is 22.0 Å². The number of nitrogens with zero attached hydrogens (tertiary/aromatic N) is 2.